The summed E-state index contributed by atoms with van der Waals surface area (Å²) in [6.45, 7) is 6.12. The van der Waals surface area contributed by atoms with Crippen LogP contribution in [0.5, 0.6) is 11.8 Å². The average molecular weight is 248 g/mol. The molecule has 0 bridgehead atoms. The predicted molar refractivity (Wildman–Crippen MR) is 65.4 cm³/mol. The molecule has 0 atom stereocenters. The number of ether oxygens (including phenoxy) is 1. The zero-order chi connectivity index (χ0) is 13.1. The molecule has 2 aromatic rings. The molecule has 0 aliphatic carbocycles. The molecule has 2 N–H and O–H groups in total. The third-order valence-corrected chi connectivity index (χ3v) is 2.34. The van der Waals surface area contributed by atoms with Gasteiger partial charge >= 0.3 is 6.01 Å². The van der Waals surface area contributed by atoms with E-state index in [0.29, 0.717) is 29.8 Å². The summed E-state index contributed by atoms with van der Waals surface area (Å²) >= 11 is 0. The summed E-state index contributed by atoms with van der Waals surface area (Å²) < 4.78 is 20.0. The van der Waals surface area contributed by atoms with Gasteiger partial charge in [0.25, 0.3) is 0 Å². The highest BCUT2D eigenvalue weighted by molar-refractivity contribution is 5.53. The van der Waals surface area contributed by atoms with E-state index >= 15 is 0 Å². The van der Waals surface area contributed by atoms with E-state index in [0.717, 1.165) is 0 Å². The highest BCUT2D eigenvalue weighted by Gasteiger charge is 2.13. The van der Waals surface area contributed by atoms with Gasteiger partial charge in [-0.3, -0.25) is 4.57 Å². The normalized spacial score (nSPS) is 10.3. The van der Waals surface area contributed by atoms with Crippen molar-refractivity contribution in [2.24, 2.45) is 5.73 Å². The maximum absolute atomic E-state index is 12.8. The number of halogens is 1. The molecule has 0 saturated heterocycles. The van der Waals surface area contributed by atoms with Crippen LogP contribution in [0.15, 0.2) is 30.8 Å². The topological polar surface area (TPSA) is 66.0 Å². The largest absolute Gasteiger partial charge is 0.424 e. The first-order valence-electron chi connectivity index (χ1n) is 5.43. The van der Waals surface area contributed by atoms with E-state index < -0.39 is 0 Å². The smallest absolute Gasteiger partial charge is 0.322 e. The first kappa shape index (κ1) is 12.1. The molecule has 0 radical (unpaired) electrons. The molecule has 1 heterocycles. The van der Waals surface area contributed by atoms with Crippen LogP contribution >= 0.6 is 0 Å². The summed E-state index contributed by atoms with van der Waals surface area (Å²) in [5.74, 6) is 0.623. The number of aromatic nitrogens is 3. The highest BCUT2D eigenvalue weighted by Crippen LogP contribution is 2.21. The van der Waals surface area contributed by atoms with Crippen molar-refractivity contribution in [1.82, 2.24) is 14.8 Å². The summed E-state index contributed by atoms with van der Waals surface area (Å²) in [7, 11) is 0. The number of benzene rings is 1. The van der Waals surface area contributed by atoms with Crippen molar-refractivity contribution >= 4 is 5.70 Å². The lowest BCUT2D eigenvalue weighted by molar-refractivity contribution is 0.412. The minimum atomic E-state index is -0.324. The minimum Gasteiger partial charge on any atom is -0.424 e. The van der Waals surface area contributed by atoms with Crippen LogP contribution in [0.1, 0.15) is 12.7 Å². The predicted octanol–water partition coefficient (Wildman–Crippen LogP) is 2.16. The lowest BCUT2D eigenvalue weighted by Gasteiger charge is -2.07. The SMILES string of the molecule is C=C(N)c1nnc(Oc2ccc(F)cc2)n1CC. The fourth-order valence-electron chi connectivity index (χ4n) is 1.49. The molecule has 1 aromatic heterocycles. The molecule has 0 aliphatic rings. The van der Waals surface area contributed by atoms with Gasteiger partial charge in [0.05, 0.1) is 5.70 Å². The maximum Gasteiger partial charge on any atom is 0.322 e. The van der Waals surface area contributed by atoms with Crippen LogP contribution in [0.25, 0.3) is 5.70 Å². The van der Waals surface area contributed by atoms with Crippen LogP contribution in [-0.2, 0) is 6.54 Å². The van der Waals surface area contributed by atoms with Crippen LogP contribution in [-0.4, -0.2) is 14.8 Å². The Balaban J connectivity index is 2.29. The Morgan fingerprint density at radius 1 is 1.39 bits per heavy atom. The van der Waals surface area contributed by atoms with Crippen molar-refractivity contribution < 1.29 is 9.13 Å². The number of rotatable bonds is 4. The van der Waals surface area contributed by atoms with Crippen molar-refractivity contribution in [3.63, 3.8) is 0 Å². The average Bonchev–Trinajstić information content (AvgIpc) is 2.75. The Morgan fingerprint density at radius 2 is 2.06 bits per heavy atom. The van der Waals surface area contributed by atoms with Gasteiger partial charge in [0.2, 0.25) is 0 Å². The number of hydrogen-bond donors (Lipinski definition) is 1. The molecule has 1 aromatic carbocycles. The molecule has 2 rings (SSSR count). The molecule has 6 heteroatoms. The van der Waals surface area contributed by atoms with E-state index in [4.69, 9.17) is 10.5 Å². The van der Waals surface area contributed by atoms with Gasteiger partial charge in [0.1, 0.15) is 11.6 Å². The Kier molecular flexibility index (Phi) is 3.27. The van der Waals surface area contributed by atoms with Crippen molar-refractivity contribution in [1.29, 1.82) is 0 Å². The zero-order valence-electron chi connectivity index (χ0n) is 9.93. The lowest BCUT2D eigenvalue weighted by atomic mass is 10.3. The Labute approximate surface area is 104 Å². The zero-order valence-corrected chi connectivity index (χ0v) is 9.93. The van der Waals surface area contributed by atoms with E-state index in [2.05, 4.69) is 16.8 Å². The maximum atomic E-state index is 12.8. The Hall–Kier alpha value is -2.37. The summed E-state index contributed by atoms with van der Waals surface area (Å²) in [5, 5.41) is 7.77. The second kappa shape index (κ2) is 4.87. The molecular formula is C12H13FN4O. The van der Waals surface area contributed by atoms with Gasteiger partial charge in [-0.05, 0) is 31.2 Å². The fourth-order valence-corrected chi connectivity index (χ4v) is 1.49. The van der Waals surface area contributed by atoms with Gasteiger partial charge in [-0.1, -0.05) is 11.7 Å². The Bertz CT molecular complexity index is 562. The van der Waals surface area contributed by atoms with Crippen molar-refractivity contribution in [3.05, 3.63) is 42.5 Å². The van der Waals surface area contributed by atoms with Gasteiger partial charge in [-0.25, -0.2) is 4.39 Å². The second-order valence-corrected chi connectivity index (χ2v) is 3.63. The summed E-state index contributed by atoms with van der Waals surface area (Å²) in [6, 6.07) is 5.95. The van der Waals surface area contributed by atoms with Crippen molar-refractivity contribution in [3.8, 4) is 11.8 Å². The molecule has 94 valence electrons. The molecule has 18 heavy (non-hydrogen) atoms. The number of hydrogen-bond acceptors (Lipinski definition) is 4. The van der Waals surface area contributed by atoms with Crippen LogP contribution in [0.3, 0.4) is 0 Å². The summed E-state index contributed by atoms with van der Waals surface area (Å²) in [5.41, 5.74) is 5.91. The molecule has 0 unspecified atom stereocenters. The highest BCUT2D eigenvalue weighted by atomic mass is 19.1. The molecule has 0 aliphatic heterocycles. The van der Waals surface area contributed by atoms with Gasteiger partial charge < -0.3 is 10.5 Å². The molecule has 0 amide bonds. The van der Waals surface area contributed by atoms with E-state index in [1.54, 1.807) is 4.57 Å². The van der Waals surface area contributed by atoms with E-state index in [-0.39, 0.29) is 5.82 Å². The van der Waals surface area contributed by atoms with Crippen LogP contribution < -0.4 is 10.5 Å². The third-order valence-electron chi connectivity index (χ3n) is 2.34. The molecule has 0 fully saturated rings. The van der Waals surface area contributed by atoms with Crippen LogP contribution in [0.4, 0.5) is 4.39 Å². The van der Waals surface area contributed by atoms with Gasteiger partial charge in [0, 0.05) is 6.54 Å². The molecular weight excluding hydrogens is 235 g/mol. The Morgan fingerprint density at radius 3 is 2.61 bits per heavy atom. The lowest BCUT2D eigenvalue weighted by Crippen LogP contribution is -2.06. The molecule has 0 spiro atoms. The van der Waals surface area contributed by atoms with Crippen LogP contribution in [0.2, 0.25) is 0 Å². The first-order valence-corrected chi connectivity index (χ1v) is 5.43. The summed E-state index contributed by atoms with van der Waals surface area (Å²) in [6.07, 6.45) is 0. The van der Waals surface area contributed by atoms with Gasteiger partial charge in [-0.15, -0.1) is 5.10 Å². The van der Waals surface area contributed by atoms with E-state index in [1.807, 2.05) is 6.92 Å². The monoisotopic (exact) mass is 248 g/mol. The van der Waals surface area contributed by atoms with Crippen LogP contribution in [0, 0.1) is 5.82 Å². The number of nitrogens with zero attached hydrogens (tertiary/aromatic N) is 3. The second-order valence-electron chi connectivity index (χ2n) is 3.63. The quantitative estimate of drug-likeness (QED) is 0.900. The van der Waals surface area contributed by atoms with Gasteiger partial charge in [-0.2, -0.15) is 0 Å². The first-order chi connectivity index (χ1) is 8.61. The fraction of sp³-hybridized carbons (Fsp3) is 0.167. The van der Waals surface area contributed by atoms with E-state index in [1.165, 1.54) is 24.3 Å². The number of nitrogens with two attached hydrogens (primary N) is 1. The molecule has 0 saturated carbocycles. The van der Waals surface area contributed by atoms with Crippen molar-refractivity contribution in [2.45, 2.75) is 13.5 Å². The molecule has 5 nitrogen and oxygen atoms in total. The van der Waals surface area contributed by atoms with E-state index in [9.17, 15) is 4.39 Å². The standard InChI is InChI=1S/C12H13FN4O/c1-3-17-11(8(2)14)15-16-12(17)18-10-6-4-9(13)5-7-10/h4-7H,2-3,14H2,1H3. The van der Waals surface area contributed by atoms with Gasteiger partial charge in [0.15, 0.2) is 5.82 Å². The van der Waals surface area contributed by atoms with Crippen molar-refractivity contribution in [2.75, 3.05) is 0 Å². The minimum absolute atomic E-state index is 0.297. The summed E-state index contributed by atoms with van der Waals surface area (Å²) in [4.78, 5) is 0. The third kappa shape index (κ3) is 2.32.